The van der Waals surface area contributed by atoms with E-state index in [0.29, 0.717) is 5.56 Å². The Morgan fingerprint density at radius 2 is 1.40 bits per heavy atom. The first-order valence-corrected chi connectivity index (χ1v) is 15.8. The summed E-state index contributed by atoms with van der Waals surface area (Å²) in [6.07, 6.45) is 7.99. The zero-order valence-electron chi connectivity index (χ0n) is 16.6. The fourth-order valence-electron chi connectivity index (χ4n) is 2.66. The van der Waals surface area contributed by atoms with Crippen molar-refractivity contribution in [2.75, 3.05) is 7.11 Å². The number of carboxylic acids is 1. The molecule has 0 aromatic heterocycles. The van der Waals surface area contributed by atoms with Crippen molar-refractivity contribution < 1.29 is 14.6 Å². The first-order valence-electron chi connectivity index (χ1n) is 9.74. The van der Waals surface area contributed by atoms with E-state index in [1.807, 2.05) is 6.07 Å². The number of carboxylic acid groups (broad SMARTS) is 1. The Balaban J connectivity index is 0.000000462. The van der Waals surface area contributed by atoms with Crippen LogP contribution in [-0.4, -0.2) is 37.9 Å². The Morgan fingerprint density at radius 1 is 0.960 bits per heavy atom. The summed E-state index contributed by atoms with van der Waals surface area (Å²) in [5, 5.41) is 8.70. The van der Waals surface area contributed by atoms with Crippen molar-refractivity contribution in [3.05, 3.63) is 35.9 Å². The number of hydrogen-bond donors (Lipinski definition) is 1. The SMILES string of the molecule is CCC[CH2][Sn]([CH2]CCC)[CH2]CCC.COC(C(=O)O)c1ccccc1. The molecule has 0 fully saturated rings. The molecule has 0 saturated heterocycles. The molecule has 0 aliphatic carbocycles. The fourth-order valence-corrected chi connectivity index (χ4v) is 12.1. The van der Waals surface area contributed by atoms with Gasteiger partial charge in [-0.05, 0) is 5.56 Å². The quantitative estimate of drug-likeness (QED) is 0.374. The molecule has 1 aromatic rings. The third-order valence-corrected chi connectivity index (χ3v) is 13.3. The van der Waals surface area contributed by atoms with Gasteiger partial charge in [0.05, 0.1) is 0 Å². The van der Waals surface area contributed by atoms with Gasteiger partial charge in [-0.15, -0.1) is 0 Å². The molecule has 0 spiro atoms. The summed E-state index contributed by atoms with van der Waals surface area (Å²) in [7, 11) is 1.38. The van der Waals surface area contributed by atoms with E-state index < -0.39 is 31.8 Å². The fraction of sp³-hybridized carbons (Fsp3) is 0.667. The molecule has 0 heterocycles. The number of unbranched alkanes of at least 4 members (excludes halogenated alkanes) is 3. The van der Waals surface area contributed by atoms with Crippen molar-refractivity contribution in [2.45, 2.75) is 78.7 Å². The van der Waals surface area contributed by atoms with Crippen LogP contribution in [0.1, 0.15) is 71.0 Å². The molecule has 1 radical (unpaired) electrons. The Hall–Kier alpha value is -0.551. The summed E-state index contributed by atoms with van der Waals surface area (Å²) < 4.78 is 9.84. The van der Waals surface area contributed by atoms with Crippen molar-refractivity contribution in [2.24, 2.45) is 0 Å². The number of aliphatic carboxylic acids is 1. The van der Waals surface area contributed by atoms with Gasteiger partial charge in [-0.2, -0.15) is 0 Å². The topological polar surface area (TPSA) is 46.5 Å². The molecule has 0 saturated carbocycles. The van der Waals surface area contributed by atoms with E-state index in [1.54, 1.807) is 37.6 Å². The molecule has 1 unspecified atom stereocenters. The van der Waals surface area contributed by atoms with Crippen LogP contribution in [0.4, 0.5) is 0 Å². The van der Waals surface area contributed by atoms with Crippen LogP contribution in [0.25, 0.3) is 0 Å². The van der Waals surface area contributed by atoms with E-state index in [4.69, 9.17) is 9.84 Å². The van der Waals surface area contributed by atoms with Gasteiger partial charge in [0.15, 0.2) is 6.10 Å². The van der Waals surface area contributed by atoms with Crippen LogP contribution >= 0.6 is 0 Å². The maximum absolute atomic E-state index is 10.6. The predicted molar refractivity (Wildman–Crippen MR) is 109 cm³/mol. The first-order chi connectivity index (χ1) is 12.1. The van der Waals surface area contributed by atoms with Crippen molar-refractivity contribution in [3.63, 3.8) is 0 Å². The second-order valence-corrected chi connectivity index (χ2v) is 15.0. The second kappa shape index (κ2) is 16.9. The maximum Gasteiger partial charge on any atom is 0.337 e. The van der Waals surface area contributed by atoms with Crippen molar-refractivity contribution in [3.8, 4) is 0 Å². The van der Waals surface area contributed by atoms with E-state index in [-0.39, 0.29) is 0 Å². The van der Waals surface area contributed by atoms with Crippen molar-refractivity contribution in [1.82, 2.24) is 0 Å². The molecule has 0 bridgehead atoms. The minimum absolute atomic E-state index is 0.660. The van der Waals surface area contributed by atoms with E-state index in [1.165, 1.54) is 45.6 Å². The van der Waals surface area contributed by atoms with Gasteiger partial charge < -0.3 is 9.84 Å². The Bertz CT molecular complexity index is 403. The Morgan fingerprint density at radius 3 is 1.72 bits per heavy atom. The van der Waals surface area contributed by atoms with E-state index in [2.05, 4.69) is 20.8 Å². The number of ether oxygens (including phenoxy) is 1. The normalized spacial score (nSPS) is 11.7. The molecule has 1 N–H and O–H groups in total. The summed E-state index contributed by atoms with van der Waals surface area (Å²) in [6.45, 7) is 7.00. The molecule has 3 nitrogen and oxygen atoms in total. The molecule has 4 heteroatoms. The van der Waals surface area contributed by atoms with E-state index in [0.717, 1.165) is 0 Å². The minimum atomic E-state index is -0.969. The number of carbonyl (C=O) groups is 1. The summed E-state index contributed by atoms with van der Waals surface area (Å²) in [5.74, 6) is -0.969. The molecule has 143 valence electrons. The van der Waals surface area contributed by atoms with Gasteiger partial charge in [0.25, 0.3) is 0 Å². The van der Waals surface area contributed by atoms with Gasteiger partial charge in [-0.25, -0.2) is 4.79 Å². The number of rotatable bonds is 12. The minimum Gasteiger partial charge on any atom is -0.479 e. The molecule has 0 amide bonds. The van der Waals surface area contributed by atoms with Gasteiger partial charge in [-0.1, -0.05) is 30.3 Å². The molecule has 0 aliphatic heterocycles. The summed E-state index contributed by atoms with van der Waals surface area (Å²) in [4.78, 5) is 10.6. The maximum atomic E-state index is 10.6. The molecule has 25 heavy (non-hydrogen) atoms. The Labute approximate surface area is 161 Å². The van der Waals surface area contributed by atoms with Gasteiger partial charge >= 0.3 is 98.3 Å². The molecule has 1 aromatic carbocycles. The van der Waals surface area contributed by atoms with Crippen LogP contribution in [0, 0.1) is 0 Å². The molecule has 1 atom stereocenters. The Kier molecular flexibility index (Phi) is 16.5. The summed E-state index contributed by atoms with van der Waals surface area (Å²) in [5.41, 5.74) is 0.660. The standard InChI is InChI=1S/C9H10O3.3C4H9.Sn/c1-12-8(9(10)11)7-5-3-2-4-6-7;3*1-3-4-2;/h2-6,8H,1H3,(H,10,11);3*1,3-4H2,2H3;. The van der Waals surface area contributed by atoms with Crippen molar-refractivity contribution in [1.29, 1.82) is 0 Å². The molecular formula is C21H37O3Sn. The van der Waals surface area contributed by atoms with Gasteiger partial charge in [0.2, 0.25) is 0 Å². The number of hydrogen-bond acceptors (Lipinski definition) is 2. The number of methoxy groups -OCH3 is 1. The van der Waals surface area contributed by atoms with Crippen molar-refractivity contribution >= 4 is 25.7 Å². The summed E-state index contributed by atoms with van der Waals surface area (Å²) in [6, 6.07) is 8.84. The van der Waals surface area contributed by atoms with Gasteiger partial charge in [-0.3, -0.25) is 0 Å². The molecular weight excluding hydrogens is 419 g/mol. The second-order valence-electron chi connectivity index (χ2n) is 6.43. The van der Waals surface area contributed by atoms with Crippen LogP contribution in [0.2, 0.25) is 13.3 Å². The van der Waals surface area contributed by atoms with E-state index in [9.17, 15) is 4.79 Å². The molecule has 1 rings (SSSR count). The van der Waals surface area contributed by atoms with E-state index >= 15 is 0 Å². The monoisotopic (exact) mass is 457 g/mol. The van der Waals surface area contributed by atoms with Crippen LogP contribution < -0.4 is 0 Å². The average Bonchev–Trinajstić information content (AvgIpc) is 2.63. The average molecular weight is 456 g/mol. The van der Waals surface area contributed by atoms with Crippen LogP contribution in [0.5, 0.6) is 0 Å². The third-order valence-electron chi connectivity index (χ3n) is 4.21. The smallest absolute Gasteiger partial charge is 0.337 e. The molecule has 0 aliphatic rings. The zero-order valence-corrected chi connectivity index (χ0v) is 19.4. The summed E-state index contributed by atoms with van der Waals surface area (Å²) >= 11 is -0.839. The van der Waals surface area contributed by atoms with Crippen LogP contribution in [0.3, 0.4) is 0 Å². The van der Waals surface area contributed by atoms with Crippen LogP contribution in [0.15, 0.2) is 30.3 Å². The number of benzene rings is 1. The predicted octanol–water partition coefficient (Wildman–Crippen LogP) is 6.34. The van der Waals surface area contributed by atoms with Gasteiger partial charge in [0, 0.05) is 7.11 Å². The first kappa shape index (κ1) is 24.4. The zero-order chi connectivity index (χ0) is 18.9. The van der Waals surface area contributed by atoms with Crippen LogP contribution in [-0.2, 0) is 9.53 Å². The van der Waals surface area contributed by atoms with Gasteiger partial charge in [0.1, 0.15) is 0 Å². The largest absolute Gasteiger partial charge is 0.479 e. The third kappa shape index (κ3) is 12.4.